The van der Waals surface area contributed by atoms with E-state index in [1.165, 1.54) is 0 Å². The third-order valence-corrected chi connectivity index (χ3v) is 5.07. The van der Waals surface area contributed by atoms with Crippen molar-refractivity contribution in [3.63, 3.8) is 0 Å². The monoisotopic (exact) mass is 484 g/mol. The van der Waals surface area contributed by atoms with Crippen LogP contribution in [0.3, 0.4) is 0 Å². The molecule has 35 heavy (non-hydrogen) atoms. The number of methoxy groups -OCH3 is 1. The van der Waals surface area contributed by atoms with Gasteiger partial charge in [-0.1, -0.05) is 6.92 Å². The van der Waals surface area contributed by atoms with E-state index in [1.54, 1.807) is 37.1 Å². The van der Waals surface area contributed by atoms with Crippen molar-refractivity contribution in [2.45, 2.75) is 33.2 Å². The molecule has 0 aliphatic rings. The first-order valence-corrected chi connectivity index (χ1v) is 11.7. The molecule has 188 valence electrons. The third-order valence-electron chi connectivity index (χ3n) is 5.07. The Bertz CT molecular complexity index is 1170. The molecule has 0 radical (unpaired) electrons. The maximum atomic E-state index is 13.3. The van der Waals surface area contributed by atoms with Crippen LogP contribution in [-0.2, 0) is 16.0 Å². The number of ether oxygens (including phenoxy) is 3. The lowest BCUT2D eigenvalue weighted by Gasteiger charge is -2.14. The summed E-state index contributed by atoms with van der Waals surface area (Å²) in [5.74, 6) is 0.735. The Hall–Kier alpha value is -3.73. The van der Waals surface area contributed by atoms with Crippen LogP contribution in [0, 0.1) is 0 Å². The predicted octanol–water partition coefficient (Wildman–Crippen LogP) is 2.84. The molecule has 3 heterocycles. The summed E-state index contributed by atoms with van der Waals surface area (Å²) in [7, 11) is 1.56. The van der Waals surface area contributed by atoms with E-state index >= 15 is 0 Å². The van der Waals surface area contributed by atoms with Gasteiger partial charge in [0.15, 0.2) is 5.82 Å². The second-order valence-corrected chi connectivity index (χ2v) is 7.60. The smallest absolute Gasteiger partial charge is 0.407 e. The van der Waals surface area contributed by atoms with E-state index in [9.17, 15) is 9.59 Å². The van der Waals surface area contributed by atoms with Crippen LogP contribution in [0.4, 0.5) is 10.6 Å². The van der Waals surface area contributed by atoms with Crippen molar-refractivity contribution in [2.24, 2.45) is 0 Å². The maximum absolute atomic E-state index is 13.3. The van der Waals surface area contributed by atoms with Gasteiger partial charge in [0.2, 0.25) is 5.88 Å². The standard InChI is InChI=1S/C24H32N6O5/c1-4-12-34-13-11-30-20-14-18(17-7-8-21(33-3)28-15-17)27-16-19(20)29-22(23(30)31)25-9-6-10-26-24(32)35-5-2/h7-8,14-16H,4-6,9-13H2,1-3H3,(H,25,29)(H,26,32). The van der Waals surface area contributed by atoms with E-state index in [-0.39, 0.29) is 11.4 Å². The molecule has 0 fully saturated rings. The molecule has 0 aromatic carbocycles. The predicted molar refractivity (Wildman–Crippen MR) is 133 cm³/mol. The highest BCUT2D eigenvalue weighted by Gasteiger charge is 2.13. The van der Waals surface area contributed by atoms with Crippen molar-refractivity contribution in [3.8, 4) is 17.1 Å². The van der Waals surface area contributed by atoms with Gasteiger partial charge in [-0.2, -0.15) is 0 Å². The largest absolute Gasteiger partial charge is 0.481 e. The minimum Gasteiger partial charge on any atom is -0.481 e. The molecule has 0 spiro atoms. The van der Waals surface area contributed by atoms with E-state index in [2.05, 4.69) is 25.6 Å². The highest BCUT2D eigenvalue weighted by molar-refractivity contribution is 5.80. The zero-order chi connectivity index (χ0) is 25.0. The van der Waals surface area contributed by atoms with E-state index in [4.69, 9.17) is 14.2 Å². The number of anilines is 1. The molecule has 0 bridgehead atoms. The molecule has 0 saturated heterocycles. The topological polar surface area (TPSA) is 129 Å². The van der Waals surface area contributed by atoms with Gasteiger partial charge in [-0.05, 0) is 31.9 Å². The van der Waals surface area contributed by atoms with Crippen molar-refractivity contribution >= 4 is 22.9 Å². The molecule has 3 rings (SSSR count). The quantitative estimate of drug-likeness (QED) is 0.352. The molecule has 0 aliphatic carbocycles. The van der Waals surface area contributed by atoms with E-state index in [0.29, 0.717) is 68.5 Å². The van der Waals surface area contributed by atoms with Crippen LogP contribution in [0.1, 0.15) is 26.7 Å². The number of amides is 1. The lowest BCUT2D eigenvalue weighted by Crippen LogP contribution is -2.29. The summed E-state index contributed by atoms with van der Waals surface area (Å²) >= 11 is 0. The molecule has 1 amide bonds. The zero-order valence-corrected chi connectivity index (χ0v) is 20.4. The van der Waals surface area contributed by atoms with Gasteiger partial charge in [0.25, 0.3) is 5.56 Å². The van der Waals surface area contributed by atoms with Crippen LogP contribution in [0.25, 0.3) is 22.3 Å². The Labute approximate surface area is 203 Å². The molecule has 11 heteroatoms. The van der Waals surface area contributed by atoms with Gasteiger partial charge < -0.3 is 29.4 Å². The normalized spacial score (nSPS) is 10.8. The SMILES string of the molecule is CCCOCCn1c(=O)c(NCCCNC(=O)OCC)nc2cnc(-c3ccc(OC)nc3)cc21. The molecule has 11 nitrogen and oxygen atoms in total. The highest BCUT2D eigenvalue weighted by atomic mass is 16.5. The van der Waals surface area contributed by atoms with Crippen molar-refractivity contribution in [1.82, 2.24) is 24.8 Å². The minimum atomic E-state index is -0.459. The number of nitrogens with one attached hydrogen (secondary N) is 2. The lowest BCUT2D eigenvalue weighted by molar-refractivity contribution is 0.127. The molecule has 0 aliphatic heterocycles. The first-order chi connectivity index (χ1) is 17.1. The second kappa shape index (κ2) is 13.2. The van der Waals surface area contributed by atoms with Crippen LogP contribution in [0.15, 0.2) is 35.4 Å². The van der Waals surface area contributed by atoms with Gasteiger partial charge in [0.1, 0.15) is 5.52 Å². The number of alkyl carbamates (subject to hydrolysis) is 1. The van der Waals surface area contributed by atoms with Crippen LogP contribution in [0.5, 0.6) is 5.88 Å². The molecule has 3 aromatic heterocycles. The van der Waals surface area contributed by atoms with E-state index < -0.39 is 6.09 Å². The van der Waals surface area contributed by atoms with Gasteiger partial charge in [0, 0.05) is 44.1 Å². The first-order valence-electron chi connectivity index (χ1n) is 11.7. The van der Waals surface area contributed by atoms with Crippen molar-refractivity contribution in [1.29, 1.82) is 0 Å². The first kappa shape index (κ1) is 25.9. The number of nitrogens with zero attached hydrogens (tertiary/aromatic N) is 4. The van der Waals surface area contributed by atoms with Crippen LogP contribution in [0.2, 0.25) is 0 Å². The maximum Gasteiger partial charge on any atom is 0.407 e. The summed E-state index contributed by atoms with van der Waals surface area (Å²) in [4.78, 5) is 37.9. The Balaban J connectivity index is 1.83. The Morgan fingerprint density at radius 2 is 1.97 bits per heavy atom. The average molecular weight is 485 g/mol. The minimum absolute atomic E-state index is 0.227. The number of rotatable bonds is 13. The molecule has 0 unspecified atom stereocenters. The van der Waals surface area contributed by atoms with Gasteiger partial charge in [-0.3, -0.25) is 9.78 Å². The highest BCUT2D eigenvalue weighted by Crippen LogP contribution is 2.22. The van der Waals surface area contributed by atoms with Gasteiger partial charge in [0.05, 0.1) is 37.7 Å². The zero-order valence-electron chi connectivity index (χ0n) is 20.4. The van der Waals surface area contributed by atoms with Crippen LogP contribution < -0.4 is 20.9 Å². The van der Waals surface area contributed by atoms with Gasteiger partial charge >= 0.3 is 6.09 Å². The number of pyridine rings is 2. The fourth-order valence-electron chi connectivity index (χ4n) is 3.36. The molecule has 0 saturated carbocycles. The average Bonchev–Trinajstić information content (AvgIpc) is 2.88. The van der Waals surface area contributed by atoms with Gasteiger partial charge in [-0.25, -0.2) is 14.8 Å². The number of hydrogen-bond donors (Lipinski definition) is 2. The summed E-state index contributed by atoms with van der Waals surface area (Å²) in [6.07, 6.45) is 4.36. The van der Waals surface area contributed by atoms with Crippen molar-refractivity contribution in [2.75, 3.05) is 45.3 Å². The number of aromatic nitrogens is 4. The summed E-state index contributed by atoms with van der Waals surface area (Å²) in [6, 6.07) is 5.45. The fourth-order valence-corrected chi connectivity index (χ4v) is 3.36. The van der Waals surface area contributed by atoms with Crippen LogP contribution in [-0.4, -0.2) is 65.6 Å². The van der Waals surface area contributed by atoms with E-state index in [1.807, 2.05) is 19.1 Å². The number of fused-ring (bicyclic) bond motifs is 1. The van der Waals surface area contributed by atoms with Crippen LogP contribution >= 0.6 is 0 Å². The van der Waals surface area contributed by atoms with E-state index in [0.717, 1.165) is 12.0 Å². The Kier molecular flexibility index (Phi) is 9.79. The number of carbonyl (C=O) groups excluding carboxylic acids is 1. The Morgan fingerprint density at radius 3 is 2.69 bits per heavy atom. The molecule has 3 aromatic rings. The van der Waals surface area contributed by atoms with Gasteiger partial charge in [-0.15, -0.1) is 0 Å². The second-order valence-electron chi connectivity index (χ2n) is 7.60. The number of carbonyl (C=O) groups is 1. The van der Waals surface area contributed by atoms with Crippen molar-refractivity contribution in [3.05, 3.63) is 40.9 Å². The summed E-state index contributed by atoms with van der Waals surface area (Å²) in [5, 5.41) is 5.73. The third kappa shape index (κ3) is 7.12. The summed E-state index contributed by atoms with van der Waals surface area (Å²) in [6.45, 7) is 6.37. The van der Waals surface area contributed by atoms with Crippen molar-refractivity contribution < 1.29 is 19.0 Å². The fraction of sp³-hybridized carbons (Fsp3) is 0.458. The molecular weight excluding hydrogens is 452 g/mol. The lowest BCUT2D eigenvalue weighted by atomic mass is 10.2. The molecule has 2 N–H and O–H groups in total. The number of hydrogen-bond acceptors (Lipinski definition) is 9. The summed E-state index contributed by atoms with van der Waals surface area (Å²) < 4.78 is 17.2. The molecular formula is C24H32N6O5. The Morgan fingerprint density at radius 1 is 1.11 bits per heavy atom. The molecule has 0 atom stereocenters. The summed E-state index contributed by atoms with van der Waals surface area (Å²) in [5.41, 5.74) is 2.46.